The Bertz CT molecular complexity index is 1100. The Kier molecular flexibility index (Phi) is 6.97. The minimum Gasteiger partial charge on any atom is -0.464 e. The van der Waals surface area contributed by atoms with E-state index in [2.05, 4.69) is 44.7 Å². The maximum absolute atomic E-state index is 14.2. The molecule has 192 valence electrons. The average molecular weight is 492 g/mol. The van der Waals surface area contributed by atoms with E-state index >= 15 is 0 Å². The van der Waals surface area contributed by atoms with Crippen LogP contribution in [0.4, 0.5) is 4.79 Å². The summed E-state index contributed by atoms with van der Waals surface area (Å²) in [4.78, 5) is 44.9. The highest BCUT2D eigenvalue weighted by atomic mass is 16.5. The van der Waals surface area contributed by atoms with Crippen molar-refractivity contribution in [3.05, 3.63) is 71.8 Å². The normalized spacial score (nSPS) is 20.7. The number of ether oxygens (including phenoxy) is 1. The number of carbonyl (C=O) groups is 3. The fraction of sp³-hybridized carbons (Fsp3) is 0.483. The number of rotatable bonds is 7. The number of urea groups is 1. The van der Waals surface area contributed by atoms with Crippen LogP contribution in [0.2, 0.25) is 0 Å². The molecule has 0 bridgehead atoms. The fourth-order valence-electron chi connectivity index (χ4n) is 6.32. The molecule has 4 rings (SSSR count). The molecule has 1 spiro atoms. The summed E-state index contributed by atoms with van der Waals surface area (Å²) < 4.78 is 5.21. The number of hydrogen-bond acceptors (Lipinski definition) is 5. The summed E-state index contributed by atoms with van der Waals surface area (Å²) in [6.45, 7) is 11.2. The molecule has 2 aliphatic heterocycles. The van der Waals surface area contributed by atoms with Gasteiger partial charge in [-0.2, -0.15) is 0 Å². The van der Waals surface area contributed by atoms with Crippen LogP contribution in [0.25, 0.3) is 0 Å². The van der Waals surface area contributed by atoms with E-state index in [9.17, 15) is 14.4 Å². The van der Waals surface area contributed by atoms with E-state index in [0.29, 0.717) is 12.8 Å². The predicted octanol–water partition coefficient (Wildman–Crippen LogP) is 4.61. The number of benzene rings is 2. The molecule has 2 aliphatic rings. The first kappa shape index (κ1) is 25.9. The lowest BCUT2D eigenvalue weighted by atomic mass is 9.68. The van der Waals surface area contributed by atoms with Crippen LogP contribution in [0.3, 0.4) is 0 Å². The third kappa shape index (κ3) is 4.89. The molecule has 3 amide bonds. The molecule has 0 unspecified atom stereocenters. The molecular weight excluding hydrogens is 454 g/mol. The van der Waals surface area contributed by atoms with Crippen molar-refractivity contribution in [3.63, 3.8) is 0 Å². The number of esters is 1. The molecule has 7 heteroatoms. The van der Waals surface area contributed by atoms with Gasteiger partial charge in [-0.05, 0) is 51.7 Å². The molecule has 0 atom stereocenters. The van der Waals surface area contributed by atoms with Gasteiger partial charge in [-0.15, -0.1) is 0 Å². The first-order valence-electron chi connectivity index (χ1n) is 12.6. The maximum Gasteiger partial charge on any atom is 0.328 e. The second-order valence-electron chi connectivity index (χ2n) is 11.2. The predicted molar refractivity (Wildman–Crippen MR) is 138 cm³/mol. The highest BCUT2D eigenvalue weighted by Crippen LogP contribution is 2.50. The van der Waals surface area contributed by atoms with Gasteiger partial charge in [0.25, 0.3) is 5.91 Å². The van der Waals surface area contributed by atoms with Crippen LogP contribution < -0.4 is 0 Å². The number of nitrogens with zero attached hydrogens (tertiary/aromatic N) is 3. The summed E-state index contributed by atoms with van der Waals surface area (Å²) in [6.07, 6.45) is 0.985. The molecule has 0 radical (unpaired) electrons. The van der Waals surface area contributed by atoms with Gasteiger partial charge in [0.05, 0.1) is 13.1 Å². The van der Waals surface area contributed by atoms with Crippen LogP contribution in [-0.4, -0.2) is 62.4 Å². The smallest absolute Gasteiger partial charge is 0.328 e. The molecule has 36 heavy (non-hydrogen) atoms. The topological polar surface area (TPSA) is 70.2 Å². The van der Waals surface area contributed by atoms with E-state index < -0.39 is 11.5 Å². The maximum atomic E-state index is 14.2. The van der Waals surface area contributed by atoms with E-state index in [0.717, 1.165) is 12.1 Å². The summed E-state index contributed by atoms with van der Waals surface area (Å²) in [6, 6.07) is 19.6. The van der Waals surface area contributed by atoms with Gasteiger partial charge in [0.15, 0.2) is 0 Å². The largest absolute Gasteiger partial charge is 0.464 e. The Hall–Kier alpha value is -3.19. The SMILES string of the molecule is CC(=O)OCCN1C(=O)N(Cc2ccccc2)C(=O)C12CC(C)(C)N(Cc1ccccc1)C(C)(C)C2. The second kappa shape index (κ2) is 9.69. The Morgan fingerprint density at radius 3 is 1.83 bits per heavy atom. The van der Waals surface area contributed by atoms with Gasteiger partial charge in [-0.1, -0.05) is 60.7 Å². The molecule has 0 aromatic heterocycles. The van der Waals surface area contributed by atoms with Crippen LogP contribution >= 0.6 is 0 Å². The van der Waals surface area contributed by atoms with Crippen LogP contribution in [0, 0.1) is 0 Å². The number of amides is 3. The Balaban J connectivity index is 1.69. The minimum atomic E-state index is -1.01. The number of carbonyl (C=O) groups excluding carboxylic acids is 3. The van der Waals surface area contributed by atoms with Crippen molar-refractivity contribution >= 4 is 17.9 Å². The molecule has 2 saturated heterocycles. The first-order chi connectivity index (χ1) is 17.0. The number of imide groups is 1. The first-order valence-corrected chi connectivity index (χ1v) is 12.6. The van der Waals surface area contributed by atoms with Crippen molar-refractivity contribution in [2.45, 2.75) is 77.2 Å². The van der Waals surface area contributed by atoms with E-state index in [1.54, 1.807) is 4.90 Å². The van der Waals surface area contributed by atoms with Gasteiger partial charge in [0, 0.05) is 24.5 Å². The lowest BCUT2D eigenvalue weighted by Crippen LogP contribution is -2.70. The fourth-order valence-corrected chi connectivity index (χ4v) is 6.32. The molecule has 0 aliphatic carbocycles. The van der Waals surface area contributed by atoms with Crippen molar-refractivity contribution in [2.75, 3.05) is 13.2 Å². The third-order valence-electron chi connectivity index (χ3n) is 7.52. The zero-order valence-corrected chi connectivity index (χ0v) is 22.0. The lowest BCUT2D eigenvalue weighted by Gasteiger charge is -2.59. The molecule has 2 heterocycles. The standard InChI is InChI=1S/C29H37N3O4/c1-22(33)36-17-16-31-26(35)30(18-23-12-8-6-9-13-23)25(34)29(31)20-27(2,3)32(28(4,5)21-29)19-24-14-10-7-11-15-24/h6-15H,16-21H2,1-5H3. The highest BCUT2D eigenvalue weighted by molar-refractivity contribution is 6.07. The zero-order chi connectivity index (χ0) is 26.1. The molecule has 7 nitrogen and oxygen atoms in total. The van der Waals surface area contributed by atoms with Gasteiger partial charge >= 0.3 is 12.0 Å². The van der Waals surface area contributed by atoms with E-state index in [1.165, 1.54) is 17.4 Å². The van der Waals surface area contributed by atoms with Gasteiger partial charge < -0.3 is 9.64 Å². The average Bonchev–Trinajstić information content (AvgIpc) is 2.98. The van der Waals surface area contributed by atoms with Gasteiger partial charge in [-0.25, -0.2) is 4.79 Å². The van der Waals surface area contributed by atoms with Gasteiger partial charge in [0.2, 0.25) is 0 Å². The molecule has 0 saturated carbocycles. The van der Waals surface area contributed by atoms with Crippen LogP contribution in [0.15, 0.2) is 60.7 Å². The van der Waals surface area contributed by atoms with Crippen molar-refractivity contribution in [1.82, 2.24) is 14.7 Å². The summed E-state index contributed by atoms with van der Waals surface area (Å²) >= 11 is 0. The van der Waals surface area contributed by atoms with Crippen LogP contribution in [-0.2, 0) is 27.4 Å². The third-order valence-corrected chi connectivity index (χ3v) is 7.52. The molecule has 2 aromatic rings. The summed E-state index contributed by atoms with van der Waals surface area (Å²) in [5.41, 5.74) is 0.343. The van der Waals surface area contributed by atoms with E-state index in [-0.39, 0.29) is 42.7 Å². The second-order valence-corrected chi connectivity index (χ2v) is 11.2. The van der Waals surface area contributed by atoms with Crippen molar-refractivity contribution in [1.29, 1.82) is 0 Å². The quantitative estimate of drug-likeness (QED) is 0.418. The summed E-state index contributed by atoms with van der Waals surface area (Å²) in [7, 11) is 0. The molecular formula is C29H37N3O4. The van der Waals surface area contributed by atoms with Crippen molar-refractivity contribution in [2.24, 2.45) is 0 Å². The van der Waals surface area contributed by atoms with Crippen molar-refractivity contribution < 1.29 is 19.1 Å². The highest BCUT2D eigenvalue weighted by Gasteiger charge is 2.64. The number of piperidine rings is 1. The van der Waals surface area contributed by atoms with Crippen molar-refractivity contribution in [3.8, 4) is 0 Å². The van der Waals surface area contributed by atoms with Gasteiger partial charge in [0.1, 0.15) is 12.1 Å². The van der Waals surface area contributed by atoms with Crippen LogP contribution in [0.1, 0.15) is 58.6 Å². The lowest BCUT2D eigenvalue weighted by molar-refractivity contribution is -0.150. The number of hydrogen-bond donors (Lipinski definition) is 0. The molecule has 2 fully saturated rings. The van der Waals surface area contributed by atoms with E-state index in [1.807, 2.05) is 48.5 Å². The summed E-state index contributed by atoms with van der Waals surface area (Å²) in [5, 5.41) is 0. The number of likely N-dealkylation sites (tertiary alicyclic amines) is 1. The van der Waals surface area contributed by atoms with E-state index in [4.69, 9.17) is 4.74 Å². The zero-order valence-electron chi connectivity index (χ0n) is 22.0. The monoisotopic (exact) mass is 491 g/mol. The molecule has 0 N–H and O–H groups in total. The minimum absolute atomic E-state index is 0.0594. The summed E-state index contributed by atoms with van der Waals surface area (Å²) in [5.74, 6) is -0.568. The van der Waals surface area contributed by atoms with Crippen LogP contribution in [0.5, 0.6) is 0 Å². The molecule has 2 aromatic carbocycles. The Morgan fingerprint density at radius 2 is 1.33 bits per heavy atom. The Morgan fingerprint density at radius 1 is 0.833 bits per heavy atom. The van der Waals surface area contributed by atoms with Gasteiger partial charge in [-0.3, -0.25) is 19.4 Å². The Labute approximate surface area is 214 Å².